The minimum absolute atomic E-state index is 0.482. The quantitative estimate of drug-likeness (QED) is 0.870. The van der Waals surface area contributed by atoms with Gasteiger partial charge in [0, 0.05) is 6.20 Å². The molecule has 0 aliphatic carbocycles. The Hall–Kier alpha value is -1.30. The van der Waals surface area contributed by atoms with Gasteiger partial charge in [-0.05, 0) is 0 Å². The SMILES string of the molecule is N#Cc1ncc(S(N)(=O)=O)c(C(F)F)c1Cl. The maximum Gasteiger partial charge on any atom is 0.266 e. The first-order chi connectivity index (χ1) is 7.29. The van der Waals surface area contributed by atoms with E-state index < -0.39 is 37.6 Å². The molecule has 0 saturated carbocycles. The summed E-state index contributed by atoms with van der Waals surface area (Å²) < 4.78 is 47.1. The molecule has 0 atom stereocenters. The van der Waals surface area contributed by atoms with E-state index in [0.717, 1.165) is 0 Å². The van der Waals surface area contributed by atoms with E-state index in [2.05, 4.69) is 4.98 Å². The second-order valence-electron chi connectivity index (χ2n) is 2.66. The second-order valence-corrected chi connectivity index (χ2v) is 4.56. The summed E-state index contributed by atoms with van der Waals surface area (Å²) in [4.78, 5) is 2.44. The van der Waals surface area contributed by atoms with Crippen LogP contribution in [0.25, 0.3) is 0 Å². The number of sulfonamides is 1. The summed E-state index contributed by atoms with van der Waals surface area (Å²) in [6.07, 6.45) is -2.59. The molecule has 0 fully saturated rings. The van der Waals surface area contributed by atoms with Crippen molar-refractivity contribution in [3.8, 4) is 6.07 Å². The van der Waals surface area contributed by atoms with Gasteiger partial charge >= 0.3 is 0 Å². The van der Waals surface area contributed by atoms with Gasteiger partial charge in [0.15, 0.2) is 5.69 Å². The van der Waals surface area contributed by atoms with E-state index in [9.17, 15) is 17.2 Å². The molecule has 0 aromatic carbocycles. The Balaban J connectivity index is 3.69. The molecule has 2 N–H and O–H groups in total. The Morgan fingerprint density at radius 2 is 2.12 bits per heavy atom. The fraction of sp³-hybridized carbons (Fsp3) is 0.143. The summed E-state index contributed by atoms with van der Waals surface area (Å²) in [6.45, 7) is 0. The van der Waals surface area contributed by atoms with Crippen LogP contribution in [0.3, 0.4) is 0 Å². The highest BCUT2D eigenvalue weighted by Crippen LogP contribution is 2.33. The summed E-state index contributed by atoms with van der Waals surface area (Å²) in [5.41, 5.74) is -1.49. The van der Waals surface area contributed by atoms with Crippen LogP contribution < -0.4 is 5.14 Å². The lowest BCUT2D eigenvalue weighted by Gasteiger charge is -2.08. The highest BCUT2D eigenvalue weighted by atomic mass is 35.5. The average molecular weight is 268 g/mol. The molecule has 5 nitrogen and oxygen atoms in total. The summed E-state index contributed by atoms with van der Waals surface area (Å²) in [6, 6.07) is 1.46. The number of alkyl halides is 2. The second kappa shape index (κ2) is 4.29. The van der Waals surface area contributed by atoms with Crippen LogP contribution in [0.1, 0.15) is 17.7 Å². The number of nitrogens with zero attached hydrogens (tertiary/aromatic N) is 2. The first kappa shape index (κ1) is 12.8. The lowest BCUT2D eigenvalue weighted by molar-refractivity contribution is 0.148. The first-order valence-electron chi connectivity index (χ1n) is 3.68. The zero-order valence-electron chi connectivity index (χ0n) is 7.49. The molecular weight excluding hydrogens is 264 g/mol. The van der Waals surface area contributed by atoms with Gasteiger partial charge in [0.25, 0.3) is 6.43 Å². The molecule has 0 unspecified atom stereocenters. The topological polar surface area (TPSA) is 96.8 Å². The van der Waals surface area contributed by atoms with E-state index in [4.69, 9.17) is 22.0 Å². The number of halogens is 3. The summed E-state index contributed by atoms with van der Waals surface area (Å²) in [5.74, 6) is 0. The number of pyridine rings is 1. The van der Waals surface area contributed by atoms with Crippen LogP contribution >= 0.6 is 11.6 Å². The van der Waals surface area contributed by atoms with Crippen LogP contribution in [-0.4, -0.2) is 13.4 Å². The van der Waals surface area contributed by atoms with E-state index in [1.807, 2.05) is 0 Å². The van der Waals surface area contributed by atoms with Crippen LogP contribution in [0.2, 0.25) is 5.02 Å². The van der Waals surface area contributed by atoms with E-state index >= 15 is 0 Å². The van der Waals surface area contributed by atoms with Gasteiger partial charge in [0.2, 0.25) is 10.0 Å². The Morgan fingerprint density at radius 3 is 2.50 bits per heavy atom. The fourth-order valence-electron chi connectivity index (χ4n) is 0.993. The molecular formula is C7H4ClF2N3O2S. The third-order valence-corrected chi connectivity index (χ3v) is 2.97. The normalized spacial score (nSPS) is 11.5. The van der Waals surface area contributed by atoms with Crippen molar-refractivity contribution in [3.63, 3.8) is 0 Å². The molecule has 1 aromatic heterocycles. The molecule has 1 heterocycles. The molecule has 0 aliphatic heterocycles. The number of nitriles is 1. The summed E-state index contributed by atoms with van der Waals surface area (Å²) in [5, 5.41) is 12.5. The third kappa shape index (κ3) is 2.27. The number of nitrogens with two attached hydrogens (primary N) is 1. The Morgan fingerprint density at radius 1 is 1.56 bits per heavy atom. The molecule has 0 saturated heterocycles. The summed E-state index contributed by atoms with van der Waals surface area (Å²) in [7, 11) is -4.36. The molecule has 0 spiro atoms. The van der Waals surface area contributed by atoms with Crippen LogP contribution in [0.5, 0.6) is 0 Å². The van der Waals surface area contributed by atoms with Crippen molar-refractivity contribution < 1.29 is 17.2 Å². The summed E-state index contributed by atoms with van der Waals surface area (Å²) >= 11 is 5.43. The predicted molar refractivity (Wildman–Crippen MR) is 50.3 cm³/mol. The van der Waals surface area contributed by atoms with Crippen molar-refractivity contribution >= 4 is 21.6 Å². The van der Waals surface area contributed by atoms with Crippen LogP contribution in [0.15, 0.2) is 11.1 Å². The lowest BCUT2D eigenvalue weighted by atomic mass is 10.2. The third-order valence-electron chi connectivity index (χ3n) is 1.65. The van der Waals surface area contributed by atoms with Crippen LogP contribution in [0.4, 0.5) is 8.78 Å². The lowest BCUT2D eigenvalue weighted by Crippen LogP contribution is -2.16. The van der Waals surface area contributed by atoms with Gasteiger partial charge in [0.1, 0.15) is 11.0 Å². The van der Waals surface area contributed by atoms with Gasteiger partial charge in [-0.15, -0.1) is 0 Å². The van der Waals surface area contributed by atoms with Crippen molar-refractivity contribution in [2.45, 2.75) is 11.3 Å². The van der Waals surface area contributed by atoms with E-state index in [1.165, 1.54) is 6.07 Å². The maximum absolute atomic E-state index is 12.6. The molecule has 16 heavy (non-hydrogen) atoms. The fourth-order valence-corrected chi connectivity index (χ4v) is 2.02. The first-order valence-corrected chi connectivity index (χ1v) is 5.61. The zero-order chi connectivity index (χ0) is 12.5. The van der Waals surface area contributed by atoms with Crippen molar-refractivity contribution in [3.05, 3.63) is 22.5 Å². The molecule has 0 radical (unpaired) electrons. The molecule has 86 valence electrons. The van der Waals surface area contributed by atoms with Gasteiger partial charge in [0.05, 0.1) is 10.6 Å². The number of hydrogen-bond donors (Lipinski definition) is 1. The largest absolute Gasteiger partial charge is 0.266 e. The Labute approximate surface area is 94.5 Å². The molecule has 9 heteroatoms. The van der Waals surface area contributed by atoms with Crippen molar-refractivity contribution in [2.24, 2.45) is 5.14 Å². The zero-order valence-corrected chi connectivity index (χ0v) is 9.06. The van der Waals surface area contributed by atoms with E-state index in [0.29, 0.717) is 6.20 Å². The van der Waals surface area contributed by atoms with Gasteiger partial charge in [-0.25, -0.2) is 27.3 Å². The minimum Gasteiger partial charge on any atom is -0.243 e. The molecule has 1 aromatic rings. The van der Waals surface area contributed by atoms with Gasteiger partial charge in [-0.1, -0.05) is 11.6 Å². The number of rotatable bonds is 2. The van der Waals surface area contributed by atoms with Crippen LogP contribution in [-0.2, 0) is 10.0 Å². The molecule has 0 bridgehead atoms. The number of aromatic nitrogens is 1. The monoisotopic (exact) mass is 267 g/mol. The number of primary sulfonamides is 1. The van der Waals surface area contributed by atoms with Crippen LogP contribution in [0, 0.1) is 11.3 Å². The van der Waals surface area contributed by atoms with Crippen molar-refractivity contribution in [1.82, 2.24) is 4.98 Å². The highest BCUT2D eigenvalue weighted by Gasteiger charge is 2.26. The van der Waals surface area contributed by atoms with Crippen molar-refractivity contribution in [1.29, 1.82) is 5.26 Å². The number of hydrogen-bond acceptors (Lipinski definition) is 4. The maximum atomic E-state index is 12.6. The smallest absolute Gasteiger partial charge is 0.243 e. The van der Waals surface area contributed by atoms with E-state index in [-0.39, 0.29) is 0 Å². The minimum atomic E-state index is -4.36. The standard InChI is InChI=1S/C7H4ClF2N3O2S/c8-6-3(1-11)13-2-4(16(12,14)15)5(6)7(9)10/h2,7H,(H2,12,14,15). The Kier molecular flexibility index (Phi) is 3.42. The van der Waals surface area contributed by atoms with Gasteiger partial charge < -0.3 is 0 Å². The molecule has 1 rings (SSSR count). The van der Waals surface area contributed by atoms with Gasteiger partial charge in [-0.3, -0.25) is 0 Å². The highest BCUT2D eigenvalue weighted by molar-refractivity contribution is 7.89. The average Bonchev–Trinajstić information content (AvgIpc) is 2.15. The van der Waals surface area contributed by atoms with E-state index in [1.54, 1.807) is 0 Å². The predicted octanol–water partition coefficient (Wildman–Crippen LogP) is 1.19. The molecule has 0 amide bonds. The molecule has 0 aliphatic rings. The van der Waals surface area contributed by atoms with Crippen molar-refractivity contribution in [2.75, 3.05) is 0 Å². The van der Waals surface area contributed by atoms with Gasteiger partial charge in [-0.2, -0.15) is 5.26 Å². The Bertz CT molecular complexity index is 568.